The van der Waals surface area contributed by atoms with Gasteiger partial charge in [0.05, 0.1) is 16.3 Å². The quantitative estimate of drug-likeness (QED) is 0.573. The van der Waals surface area contributed by atoms with Crippen LogP contribution in [0.25, 0.3) is 0 Å². The zero-order chi connectivity index (χ0) is 16.8. The minimum Gasteiger partial charge on any atom is -0.338 e. The molecule has 0 atom stereocenters. The molecule has 2 aromatic rings. The molecule has 0 aromatic heterocycles. The van der Waals surface area contributed by atoms with Crippen molar-refractivity contribution < 1.29 is 9.59 Å². The van der Waals surface area contributed by atoms with Crippen molar-refractivity contribution in [2.75, 3.05) is 11.9 Å². The van der Waals surface area contributed by atoms with Crippen molar-refractivity contribution in [3.8, 4) is 0 Å². The van der Waals surface area contributed by atoms with Crippen LogP contribution in [0.15, 0.2) is 70.1 Å². The Morgan fingerprint density at radius 2 is 1.71 bits per heavy atom. The summed E-state index contributed by atoms with van der Waals surface area (Å²) in [4.78, 5) is 28.3. The SMILES string of the molecule is Cc1ccc2c(c1)C(=O)/C(=C/C=C1\Sc3ccccc3N1C)C2=O. The van der Waals surface area contributed by atoms with E-state index in [1.54, 1.807) is 30.0 Å². The molecular formula is C20H15NO2S. The van der Waals surface area contributed by atoms with Gasteiger partial charge in [-0.3, -0.25) is 9.59 Å². The van der Waals surface area contributed by atoms with Crippen LogP contribution in [0.3, 0.4) is 0 Å². The van der Waals surface area contributed by atoms with Gasteiger partial charge < -0.3 is 4.90 Å². The van der Waals surface area contributed by atoms with Crippen LogP contribution in [0.4, 0.5) is 5.69 Å². The average Bonchev–Trinajstić information content (AvgIpc) is 3.02. The van der Waals surface area contributed by atoms with E-state index in [1.807, 2.05) is 38.2 Å². The molecule has 3 nitrogen and oxygen atoms in total. The van der Waals surface area contributed by atoms with Crippen molar-refractivity contribution in [2.45, 2.75) is 11.8 Å². The first-order valence-electron chi connectivity index (χ1n) is 7.69. The van der Waals surface area contributed by atoms with Gasteiger partial charge in [0.15, 0.2) is 11.6 Å². The summed E-state index contributed by atoms with van der Waals surface area (Å²) >= 11 is 1.64. The number of fused-ring (bicyclic) bond motifs is 2. The number of anilines is 1. The van der Waals surface area contributed by atoms with Gasteiger partial charge >= 0.3 is 0 Å². The maximum Gasteiger partial charge on any atom is 0.197 e. The molecule has 0 saturated heterocycles. The molecule has 0 N–H and O–H groups in total. The summed E-state index contributed by atoms with van der Waals surface area (Å²) in [5.41, 5.74) is 3.38. The highest BCUT2D eigenvalue weighted by Gasteiger charge is 2.32. The Hall–Kier alpha value is -2.59. The molecular weight excluding hydrogens is 318 g/mol. The number of nitrogens with zero attached hydrogens (tertiary/aromatic N) is 1. The number of carbonyl (C=O) groups is 2. The highest BCUT2D eigenvalue weighted by atomic mass is 32.2. The molecule has 0 radical (unpaired) electrons. The first-order chi connectivity index (χ1) is 11.6. The van der Waals surface area contributed by atoms with Crippen molar-refractivity contribution in [3.05, 3.63) is 81.9 Å². The van der Waals surface area contributed by atoms with E-state index in [4.69, 9.17) is 0 Å². The maximum absolute atomic E-state index is 12.5. The van der Waals surface area contributed by atoms with Crippen molar-refractivity contribution in [3.63, 3.8) is 0 Å². The van der Waals surface area contributed by atoms with Crippen LogP contribution in [-0.4, -0.2) is 18.6 Å². The second-order valence-electron chi connectivity index (χ2n) is 5.92. The van der Waals surface area contributed by atoms with Crippen molar-refractivity contribution >= 4 is 29.0 Å². The summed E-state index contributed by atoms with van der Waals surface area (Å²) in [6.07, 6.45) is 3.51. The Bertz CT molecular complexity index is 956. The van der Waals surface area contributed by atoms with Gasteiger partial charge in [-0.05, 0) is 37.3 Å². The number of hydrogen-bond donors (Lipinski definition) is 0. The fourth-order valence-electron chi connectivity index (χ4n) is 3.01. The van der Waals surface area contributed by atoms with E-state index >= 15 is 0 Å². The van der Waals surface area contributed by atoms with E-state index in [1.165, 1.54) is 4.90 Å². The fraction of sp³-hybridized carbons (Fsp3) is 0.100. The lowest BCUT2D eigenvalue weighted by molar-refractivity contribution is 0.0989. The normalized spacial score (nSPS) is 19.3. The van der Waals surface area contributed by atoms with Gasteiger partial charge in [-0.25, -0.2) is 0 Å². The van der Waals surface area contributed by atoms with Crippen LogP contribution in [0, 0.1) is 6.92 Å². The summed E-state index contributed by atoms with van der Waals surface area (Å²) in [5, 5.41) is 0.997. The predicted octanol–water partition coefficient (Wildman–Crippen LogP) is 4.38. The standard InChI is InChI=1S/C20H15NO2S/c1-12-7-8-13-15(11-12)20(23)14(19(13)22)9-10-18-21(2)16-5-3-4-6-17(16)24-18/h3-11H,1-2H3/b14-9+,18-10-. The second kappa shape index (κ2) is 5.49. The second-order valence-corrected chi connectivity index (χ2v) is 6.98. The van der Waals surface area contributed by atoms with Gasteiger partial charge in [0.2, 0.25) is 0 Å². The number of Topliss-reactive ketones (excluding diaryl/α,β-unsaturated/α-hetero) is 2. The number of aryl methyl sites for hydroxylation is 1. The van der Waals surface area contributed by atoms with Crippen LogP contribution in [0.2, 0.25) is 0 Å². The minimum absolute atomic E-state index is 0.182. The zero-order valence-corrected chi connectivity index (χ0v) is 14.2. The smallest absolute Gasteiger partial charge is 0.197 e. The highest BCUT2D eigenvalue weighted by molar-refractivity contribution is 8.03. The fourth-order valence-corrected chi connectivity index (χ4v) is 4.06. The third kappa shape index (κ3) is 2.22. The van der Waals surface area contributed by atoms with Crippen molar-refractivity contribution in [2.24, 2.45) is 0 Å². The third-order valence-corrected chi connectivity index (χ3v) is 5.50. The number of allylic oxidation sites excluding steroid dienone is 3. The molecule has 0 spiro atoms. The predicted molar refractivity (Wildman–Crippen MR) is 96.7 cm³/mol. The molecule has 1 aliphatic carbocycles. The van der Waals surface area contributed by atoms with Crippen LogP contribution in [0.1, 0.15) is 26.3 Å². The van der Waals surface area contributed by atoms with Crippen LogP contribution in [-0.2, 0) is 0 Å². The maximum atomic E-state index is 12.5. The van der Waals surface area contributed by atoms with E-state index in [0.29, 0.717) is 11.1 Å². The molecule has 0 saturated carbocycles. The van der Waals surface area contributed by atoms with Crippen LogP contribution in [0.5, 0.6) is 0 Å². The lowest BCUT2D eigenvalue weighted by atomic mass is 10.1. The van der Waals surface area contributed by atoms with E-state index in [9.17, 15) is 9.59 Å². The third-order valence-electron chi connectivity index (χ3n) is 4.32. The lowest BCUT2D eigenvalue weighted by Gasteiger charge is -2.12. The number of para-hydroxylation sites is 1. The molecule has 4 heteroatoms. The number of thioether (sulfide) groups is 1. The summed E-state index contributed by atoms with van der Waals surface area (Å²) in [6, 6.07) is 13.5. The Kier molecular flexibility index (Phi) is 3.43. The van der Waals surface area contributed by atoms with E-state index in [-0.39, 0.29) is 17.1 Å². The molecule has 0 bridgehead atoms. The van der Waals surface area contributed by atoms with Gasteiger partial charge in [-0.15, -0.1) is 0 Å². The Morgan fingerprint density at radius 1 is 0.958 bits per heavy atom. The first-order valence-corrected chi connectivity index (χ1v) is 8.50. The molecule has 2 aromatic carbocycles. The molecule has 118 valence electrons. The van der Waals surface area contributed by atoms with Crippen molar-refractivity contribution in [1.29, 1.82) is 0 Å². The molecule has 0 fully saturated rings. The van der Waals surface area contributed by atoms with E-state index < -0.39 is 0 Å². The van der Waals surface area contributed by atoms with Gasteiger partial charge in [0.1, 0.15) is 0 Å². The number of carbonyl (C=O) groups excluding carboxylic acids is 2. The van der Waals surface area contributed by atoms with Gasteiger partial charge in [-0.1, -0.05) is 41.6 Å². The minimum atomic E-state index is -0.185. The van der Waals surface area contributed by atoms with Gasteiger partial charge in [0, 0.05) is 23.1 Å². The monoisotopic (exact) mass is 333 g/mol. The zero-order valence-electron chi connectivity index (χ0n) is 13.4. The number of benzene rings is 2. The summed E-state index contributed by atoms with van der Waals surface area (Å²) in [7, 11) is 1.99. The number of ketones is 2. The molecule has 4 rings (SSSR count). The molecule has 1 heterocycles. The summed E-state index contributed by atoms with van der Waals surface area (Å²) < 4.78 is 0. The Morgan fingerprint density at radius 3 is 2.50 bits per heavy atom. The van der Waals surface area contributed by atoms with Gasteiger partial charge in [0.25, 0.3) is 0 Å². The first kappa shape index (κ1) is 15.0. The summed E-state index contributed by atoms with van der Waals surface area (Å²) in [5.74, 6) is -0.367. The molecule has 24 heavy (non-hydrogen) atoms. The number of rotatable bonds is 1. The summed E-state index contributed by atoms with van der Waals surface area (Å²) in [6.45, 7) is 1.92. The Balaban J connectivity index is 1.69. The molecule has 2 aliphatic rings. The number of hydrogen-bond acceptors (Lipinski definition) is 4. The highest BCUT2D eigenvalue weighted by Crippen LogP contribution is 2.44. The van der Waals surface area contributed by atoms with Gasteiger partial charge in [-0.2, -0.15) is 0 Å². The molecule has 1 aliphatic heterocycles. The van der Waals surface area contributed by atoms with Crippen LogP contribution >= 0.6 is 11.8 Å². The Labute approximate surface area is 144 Å². The topological polar surface area (TPSA) is 37.4 Å². The lowest BCUT2D eigenvalue weighted by Crippen LogP contribution is -2.09. The van der Waals surface area contributed by atoms with E-state index in [0.717, 1.165) is 16.3 Å². The average molecular weight is 333 g/mol. The largest absolute Gasteiger partial charge is 0.338 e. The van der Waals surface area contributed by atoms with Crippen LogP contribution < -0.4 is 4.90 Å². The van der Waals surface area contributed by atoms with E-state index in [2.05, 4.69) is 17.0 Å². The molecule has 0 unspecified atom stereocenters. The van der Waals surface area contributed by atoms with Crippen molar-refractivity contribution in [1.82, 2.24) is 0 Å². The molecule has 0 amide bonds.